The van der Waals surface area contributed by atoms with Gasteiger partial charge in [-0.3, -0.25) is 4.79 Å². The number of halogens is 2. The normalized spacial score (nSPS) is 15.4. The fraction of sp³-hybridized carbons (Fsp3) is 0.143. The molecule has 6 heteroatoms. The van der Waals surface area contributed by atoms with Crippen LogP contribution in [-0.4, -0.2) is 15.9 Å². The summed E-state index contributed by atoms with van der Waals surface area (Å²) in [4.78, 5) is 19.0. The Morgan fingerprint density at radius 3 is 2.75 bits per heavy atom. The average molecular weight is 308 g/mol. The highest BCUT2D eigenvalue weighted by Gasteiger charge is 2.23. The Labute approximate surface area is 125 Å². The van der Waals surface area contributed by atoms with Gasteiger partial charge >= 0.3 is 0 Å². The van der Waals surface area contributed by atoms with Gasteiger partial charge in [0.2, 0.25) is 5.91 Å². The number of aromatic nitrogens is 2. The number of imidazole rings is 1. The quantitative estimate of drug-likeness (QED) is 0.892. The van der Waals surface area contributed by atoms with Gasteiger partial charge in [-0.15, -0.1) is 0 Å². The van der Waals surface area contributed by atoms with Crippen LogP contribution < -0.4 is 5.32 Å². The molecule has 20 heavy (non-hydrogen) atoms. The Bertz CT molecular complexity index is 692. The van der Waals surface area contributed by atoms with Crippen LogP contribution in [0.15, 0.2) is 30.6 Å². The Hall–Kier alpha value is -1.78. The summed E-state index contributed by atoms with van der Waals surface area (Å²) in [5.74, 6) is 0.715. The zero-order chi connectivity index (χ0) is 14.1. The van der Waals surface area contributed by atoms with E-state index in [0.717, 1.165) is 17.0 Å². The lowest BCUT2D eigenvalue weighted by Gasteiger charge is -2.21. The molecule has 2 N–H and O–H groups in total. The number of allylic oxidation sites excluding steroid dienone is 1. The smallest absolute Gasteiger partial charge is 0.224 e. The number of amides is 1. The number of nitrogens with zero attached hydrogens (tertiary/aromatic N) is 1. The number of hydrogen-bond donors (Lipinski definition) is 2. The third-order valence-corrected chi connectivity index (χ3v) is 3.70. The van der Waals surface area contributed by atoms with Crippen molar-refractivity contribution in [2.45, 2.75) is 12.8 Å². The zero-order valence-electron chi connectivity index (χ0n) is 10.4. The summed E-state index contributed by atoms with van der Waals surface area (Å²) < 4.78 is 0. The molecule has 102 valence electrons. The topological polar surface area (TPSA) is 57.8 Å². The van der Waals surface area contributed by atoms with Gasteiger partial charge in [-0.2, -0.15) is 0 Å². The Morgan fingerprint density at radius 2 is 2.05 bits per heavy atom. The lowest BCUT2D eigenvalue weighted by molar-refractivity contribution is -0.120. The average Bonchev–Trinajstić information content (AvgIpc) is 2.92. The Balaban J connectivity index is 2.16. The summed E-state index contributed by atoms with van der Waals surface area (Å²) in [7, 11) is 0. The second kappa shape index (κ2) is 5.31. The Morgan fingerprint density at radius 1 is 1.20 bits per heavy atom. The molecular weight excluding hydrogens is 297 g/mol. The van der Waals surface area contributed by atoms with Gasteiger partial charge in [0.15, 0.2) is 0 Å². The third kappa shape index (κ3) is 2.44. The monoisotopic (exact) mass is 307 g/mol. The third-order valence-electron chi connectivity index (χ3n) is 3.15. The van der Waals surface area contributed by atoms with E-state index in [0.29, 0.717) is 28.6 Å². The SMILES string of the molecule is O=C1CCC(c2ncc[nH]2)=C(c2ccc(Cl)cc2Cl)N1. The van der Waals surface area contributed by atoms with E-state index >= 15 is 0 Å². The van der Waals surface area contributed by atoms with E-state index in [2.05, 4.69) is 15.3 Å². The van der Waals surface area contributed by atoms with Gasteiger partial charge in [0, 0.05) is 35.0 Å². The first-order valence-corrected chi connectivity index (χ1v) is 6.89. The number of aromatic amines is 1. The van der Waals surface area contributed by atoms with E-state index < -0.39 is 0 Å². The molecule has 1 aromatic heterocycles. The van der Waals surface area contributed by atoms with Crippen molar-refractivity contribution in [3.63, 3.8) is 0 Å². The van der Waals surface area contributed by atoms with Crippen LogP contribution in [-0.2, 0) is 4.79 Å². The van der Waals surface area contributed by atoms with Crippen molar-refractivity contribution >= 4 is 40.4 Å². The summed E-state index contributed by atoms with van der Waals surface area (Å²) in [6, 6.07) is 5.21. The first-order valence-electron chi connectivity index (χ1n) is 6.13. The van der Waals surface area contributed by atoms with Crippen LogP contribution in [0.3, 0.4) is 0 Å². The number of benzene rings is 1. The standard InChI is InChI=1S/C14H11Cl2N3O/c15-8-1-2-9(11(16)7-8)13-10(3-4-12(20)19-13)14-17-5-6-18-14/h1-2,5-7H,3-4H2,(H,17,18)(H,19,20). The second-order valence-electron chi connectivity index (χ2n) is 4.46. The summed E-state index contributed by atoms with van der Waals surface area (Å²) >= 11 is 12.2. The van der Waals surface area contributed by atoms with Crippen LogP contribution in [0.5, 0.6) is 0 Å². The number of carbonyl (C=O) groups excluding carboxylic acids is 1. The van der Waals surface area contributed by atoms with Gasteiger partial charge < -0.3 is 10.3 Å². The van der Waals surface area contributed by atoms with Crippen LogP contribution in [0.2, 0.25) is 10.0 Å². The molecule has 3 rings (SSSR count). The maximum absolute atomic E-state index is 11.7. The molecule has 0 spiro atoms. The van der Waals surface area contributed by atoms with Crippen LogP contribution in [0.4, 0.5) is 0 Å². The second-order valence-corrected chi connectivity index (χ2v) is 5.31. The van der Waals surface area contributed by atoms with Gasteiger partial charge in [-0.1, -0.05) is 23.2 Å². The molecule has 1 amide bonds. The maximum atomic E-state index is 11.7. The molecule has 0 unspecified atom stereocenters. The maximum Gasteiger partial charge on any atom is 0.224 e. The fourth-order valence-corrected chi connectivity index (χ4v) is 2.73. The van der Waals surface area contributed by atoms with Crippen molar-refractivity contribution in [3.05, 3.63) is 52.0 Å². The van der Waals surface area contributed by atoms with Gasteiger partial charge in [-0.25, -0.2) is 4.98 Å². The van der Waals surface area contributed by atoms with Crippen molar-refractivity contribution in [2.75, 3.05) is 0 Å². The molecule has 1 aromatic carbocycles. The number of carbonyl (C=O) groups is 1. The van der Waals surface area contributed by atoms with Crippen LogP contribution in [0.25, 0.3) is 11.3 Å². The predicted octanol–water partition coefficient (Wildman–Crippen LogP) is 3.49. The molecular formula is C14H11Cl2N3O. The molecule has 0 radical (unpaired) electrons. The molecule has 1 aliphatic heterocycles. The number of nitrogens with one attached hydrogen (secondary N) is 2. The highest BCUT2D eigenvalue weighted by molar-refractivity contribution is 6.36. The predicted molar refractivity (Wildman–Crippen MR) is 79.2 cm³/mol. The van der Waals surface area contributed by atoms with Crippen molar-refractivity contribution in [3.8, 4) is 0 Å². The molecule has 0 fully saturated rings. The first-order chi connectivity index (χ1) is 9.65. The molecule has 0 bridgehead atoms. The summed E-state index contributed by atoms with van der Waals surface area (Å²) in [5, 5.41) is 3.94. The van der Waals surface area contributed by atoms with Gasteiger partial charge in [-0.05, 0) is 24.6 Å². The van der Waals surface area contributed by atoms with E-state index in [1.165, 1.54) is 0 Å². The van der Waals surface area contributed by atoms with E-state index in [-0.39, 0.29) is 5.91 Å². The summed E-state index contributed by atoms with van der Waals surface area (Å²) in [6.07, 6.45) is 4.48. The van der Waals surface area contributed by atoms with Crippen molar-refractivity contribution in [2.24, 2.45) is 0 Å². The summed E-state index contributed by atoms with van der Waals surface area (Å²) in [5.41, 5.74) is 2.38. The molecule has 2 aromatic rings. The van der Waals surface area contributed by atoms with Crippen LogP contribution >= 0.6 is 23.2 Å². The highest BCUT2D eigenvalue weighted by Crippen LogP contribution is 2.34. The molecule has 2 heterocycles. The lowest BCUT2D eigenvalue weighted by atomic mass is 9.98. The van der Waals surface area contributed by atoms with Gasteiger partial charge in [0.05, 0.1) is 10.7 Å². The minimum absolute atomic E-state index is 0.0266. The highest BCUT2D eigenvalue weighted by atomic mass is 35.5. The number of H-pyrrole nitrogens is 1. The van der Waals surface area contributed by atoms with E-state index in [1.54, 1.807) is 30.6 Å². The van der Waals surface area contributed by atoms with E-state index in [4.69, 9.17) is 23.2 Å². The minimum Gasteiger partial charge on any atom is -0.345 e. The molecule has 4 nitrogen and oxygen atoms in total. The van der Waals surface area contributed by atoms with Crippen molar-refractivity contribution in [1.29, 1.82) is 0 Å². The molecule has 0 aliphatic carbocycles. The van der Waals surface area contributed by atoms with Gasteiger partial charge in [0.25, 0.3) is 0 Å². The number of rotatable bonds is 2. The van der Waals surface area contributed by atoms with Crippen molar-refractivity contribution < 1.29 is 4.79 Å². The number of hydrogen-bond acceptors (Lipinski definition) is 2. The molecule has 0 saturated heterocycles. The Kier molecular flexibility index (Phi) is 3.51. The first kappa shape index (κ1) is 13.2. The zero-order valence-corrected chi connectivity index (χ0v) is 11.9. The minimum atomic E-state index is -0.0266. The largest absolute Gasteiger partial charge is 0.345 e. The van der Waals surface area contributed by atoms with Gasteiger partial charge in [0.1, 0.15) is 5.82 Å². The molecule has 0 saturated carbocycles. The molecule has 0 atom stereocenters. The van der Waals surface area contributed by atoms with E-state index in [1.807, 2.05) is 0 Å². The van der Waals surface area contributed by atoms with E-state index in [9.17, 15) is 4.79 Å². The van der Waals surface area contributed by atoms with Crippen LogP contribution in [0, 0.1) is 0 Å². The summed E-state index contributed by atoms with van der Waals surface area (Å²) in [6.45, 7) is 0. The van der Waals surface area contributed by atoms with Crippen molar-refractivity contribution in [1.82, 2.24) is 15.3 Å². The van der Waals surface area contributed by atoms with Crippen LogP contribution in [0.1, 0.15) is 24.2 Å². The molecule has 1 aliphatic rings. The fourth-order valence-electron chi connectivity index (χ4n) is 2.23. The lowest BCUT2D eigenvalue weighted by Crippen LogP contribution is -2.27.